The lowest BCUT2D eigenvalue weighted by Gasteiger charge is -2.09. The fourth-order valence-corrected chi connectivity index (χ4v) is 2.42. The van der Waals surface area contributed by atoms with E-state index in [-0.39, 0.29) is 4.90 Å². The molecule has 0 atom stereocenters. The maximum absolute atomic E-state index is 11.1. The SMILES string of the molecule is CC[n+]1ccc(S(=O)(=O)[O-])c2ccccc21. The summed E-state index contributed by atoms with van der Waals surface area (Å²) in [6, 6.07) is 8.33. The normalized spacial score (nSPS) is 11.9. The average molecular weight is 237 g/mol. The van der Waals surface area contributed by atoms with Gasteiger partial charge in [-0.1, -0.05) is 12.1 Å². The summed E-state index contributed by atoms with van der Waals surface area (Å²) in [6.07, 6.45) is 1.62. The van der Waals surface area contributed by atoms with E-state index in [2.05, 4.69) is 0 Å². The molecule has 0 aliphatic carbocycles. The molecule has 4 nitrogen and oxygen atoms in total. The lowest BCUT2D eigenvalue weighted by atomic mass is 10.2. The highest BCUT2D eigenvalue weighted by atomic mass is 32.2. The van der Waals surface area contributed by atoms with Crippen molar-refractivity contribution in [2.45, 2.75) is 18.4 Å². The molecule has 0 unspecified atom stereocenters. The monoisotopic (exact) mass is 237 g/mol. The van der Waals surface area contributed by atoms with Crippen molar-refractivity contribution in [3.63, 3.8) is 0 Å². The van der Waals surface area contributed by atoms with E-state index >= 15 is 0 Å². The number of aryl methyl sites for hydroxylation is 1. The second-order valence-corrected chi connectivity index (χ2v) is 4.79. The summed E-state index contributed by atoms with van der Waals surface area (Å²) in [5.74, 6) is 0. The van der Waals surface area contributed by atoms with Crippen molar-refractivity contribution in [2.24, 2.45) is 0 Å². The van der Waals surface area contributed by atoms with Crippen LogP contribution in [0.25, 0.3) is 10.9 Å². The van der Waals surface area contributed by atoms with Crippen LogP contribution in [0.5, 0.6) is 0 Å². The van der Waals surface area contributed by atoms with Crippen LogP contribution >= 0.6 is 0 Å². The molecule has 0 bridgehead atoms. The van der Waals surface area contributed by atoms with Gasteiger partial charge in [-0.05, 0) is 13.0 Å². The molecule has 16 heavy (non-hydrogen) atoms. The second-order valence-electron chi connectivity index (χ2n) is 3.44. The van der Waals surface area contributed by atoms with Gasteiger partial charge in [0, 0.05) is 12.1 Å². The number of hydrogen-bond acceptors (Lipinski definition) is 3. The molecule has 5 heteroatoms. The predicted octanol–water partition coefficient (Wildman–Crippen LogP) is 1.05. The minimum Gasteiger partial charge on any atom is -0.744 e. The average Bonchev–Trinajstić information content (AvgIpc) is 2.26. The van der Waals surface area contributed by atoms with Gasteiger partial charge in [0.05, 0.1) is 10.3 Å². The summed E-state index contributed by atoms with van der Waals surface area (Å²) in [5, 5.41) is 0.474. The molecule has 84 valence electrons. The minimum absolute atomic E-state index is 0.159. The number of benzene rings is 1. The van der Waals surface area contributed by atoms with E-state index < -0.39 is 10.1 Å². The highest BCUT2D eigenvalue weighted by molar-refractivity contribution is 7.86. The van der Waals surface area contributed by atoms with Crippen molar-refractivity contribution in [2.75, 3.05) is 0 Å². The highest BCUT2D eigenvalue weighted by Crippen LogP contribution is 2.19. The Morgan fingerprint density at radius 1 is 1.25 bits per heavy atom. The molecule has 1 aromatic heterocycles. The van der Waals surface area contributed by atoms with Crippen LogP contribution in [-0.2, 0) is 16.7 Å². The fourth-order valence-electron chi connectivity index (χ4n) is 1.75. The largest absolute Gasteiger partial charge is 0.744 e. The smallest absolute Gasteiger partial charge is 0.213 e. The van der Waals surface area contributed by atoms with Gasteiger partial charge in [-0.3, -0.25) is 0 Å². The summed E-state index contributed by atoms with van der Waals surface area (Å²) < 4.78 is 35.1. The van der Waals surface area contributed by atoms with Crippen LogP contribution in [0, 0.1) is 0 Å². The zero-order valence-corrected chi connectivity index (χ0v) is 9.57. The third-order valence-electron chi connectivity index (χ3n) is 2.49. The quantitative estimate of drug-likeness (QED) is 0.579. The molecule has 2 aromatic rings. The van der Waals surface area contributed by atoms with Crippen molar-refractivity contribution in [1.29, 1.82) is 0 Å². The molecule has 0 saturated carbocycles. The van der Waals surface area contributed by atoms with Crippen molar-refractivity contribution >= 4 is 21.0 Å². The van der Waals surface area contributed by atoms with Crippen LogP contribution in [0.1, 0.15) is 6.92 Å². The van der Waals surface area contributed by atoms with E-state index in [1.807, 2.05) is 17.6 Å². The van der Waals surface area contributed by atoms with Gasteiger partial charge in [-0.25, -0.2) is 8.42 Å². The van der Waals surface area contributed by atoms with Gasteiger partial charge in [0.25, 0.3) is 0 Å². The van der Waals surface area contributed by atoms with Gasteiger partial charge < -0.3 is 4.55 Å². The molecule has 2 rings (SSSR count). The predicted molar refractivity (Wildman–Crippen MR) is 57.8 cm³/mol. The molecule has 0 aliphatic heterocycles. The van der Waals surface area contributed by atoms with Gasteiger partial charge in [-0.2, -0.15) is 4.57 Å². The van der Waals surface area contributed by atoms with Gasteiger partial charge >= 0.3 is 0 Å². The Labute approximate surface area is 93.9 Å². The first-order valence-corrected chi connectivity index (χ1v) is 6.32. The van der Waals surface area contributed by atoms with Gasteiger partial charge in [0.15, 0.2) is 6.20 Å². The summed E-state index contributed by atoms with van der Waals surface area (Å²) in [5.41, 5.74) is 0.752. The number of fused-ring (bicyclic) bond motifs is 1. The molecule has 1 heterocycles. The van der Waals surface area contributed by atoms with E-state index in [1.165, 1.54) is 6.07 Å². The van der Waals surface area contributed by atoms with Gasteiger partial charge in [0.1, 0.15) is 16.7 Å². The molecule has 0 aliphatic rings. The number of hydrogen-bond donors (Lipinski definition) is 0. The van der Waals surface area contributed by atoms with Crippen LogP contribution in [-0.4, -0.2) is 13.0 Å². The zero-order valence-electron chi connectivity index (χ0n) is 8.75. The Bertz CT molecular complexity index is 635. The number of rotatable bonds is 2. The van der Waals surface area contributed by atoms with E-state index in [1.54, 1.807) is 24.4 Å². The summed E-state index contributed by atoms with van der Waals surface area (Å²) in [6.45, 7) is 2.68. The third-order valence-corrected chi connectivity index (χ3v) is 3.39. The number of para-hydroxylation sites is 1. The maximum Gasteiger partial charge on any atom is 0.213 e. The lowest BCUT2D eigenvalue weighted by molar-refractivity contribution is -0.668. The van der Waals surface area contributed by atoms with Crippen molar-refractivity contribution < 1.29 is 17.5 Å². The summed E-state index contributed by atoms with van der Waals surface area (Å²) in [7, 11) is -4.42. The minimum atomic E-state index is -4.42. The van der Waals surface area contributed by atoms with E-state index in [0.29, 0.717) is 5.39 Å². The molecule has 0 fully saturated rings. The van der Waals surface area contributed by atoms with Crippen LogP contribution < -0.4 is 4.57 Å². The standard InChI is InChI=1S/C11H11NO3S/c1-2-12-8-7-11(16(13,14)15)9-5-3-4-6-10(9)12/h3-8H,2H2,1H3. The molecule has 0 N–H and O–H groups in total. The van der Waals surface area contributed by atoms with E-state index in [0.717, 1.165) is 12.1 Å². The number of pyridine rings is 1. The topological polar surface area (TPSA) is 61.1 Å². The molecule has 0 amide bonds. The van der Waals surface area contributed by atoms with Gasteiger partial charge in [-0.15, -0.1) is 0 Å². The summed E-state index contributed by atoms with van der Waals surface area (Å²) >= 11 is 0. The van der Waals surface area contributed by atoms with Crippen molar-refractivity contribution in [3.8, 4) is 0 Å². The summed E-state index contributed by atoms with van der Waals surface area (Å²) in [4.78, 5) is -0.159. The molecule has 0 radical (unpaired) electrons. The molecule has 0 saturated heterocycles. The van der Waals surface area contributed by atoms with Crippen LogP contribution in [0.2, 0.25) is 0 Å². The number of nitrogens with zero attached hydrogens (tertiary/aromatic N) is 1. The Morgan fingerprint density at radius 2 is 1.94 bits per heavy atom. The van der Waals surface area contributed by atoms with Crippen LogP contribution in [0.4, 0.5) is 0 Å². The molecular formula is C11H11NO3S. The molecular weight excluding hydrogens is 226 g/mol. The first kappa shape index (κ1) is 11.0. The van der Waals surface area contributed by atoms with E-state index in [9.17, 15) is 13.0 Å². The fraction of sp³-hybridized carbons (Fsp3) is 0.182. The van der Waals surface area contributed by atoms with Gasteiger partial charge in [0.2, 0.25) is 5.52 Å². The first-order chi connectivity index (χ1) is 7.54. The first-order valence-electron chi connectivity index (χ1n) is 4.91. The van der Waals surface area contributed by atoms with E-state index in [4.69, 9.17) is 0 Å². The molecule has 1 aromatic carbocycles. The highest BCUT2D eigenvalue weighted by Gasteiger charge is 2.14. The zero-order chi connectivity index (χ0) is 11.8. The Hall–Kier alpha value is -1.46. The maximum atomic E-state index is 11.1. The van der Waals surface area contributed by atoms with Crippen LogP contribution in [0.3, 0.4) is 0 Å². The number of aromatic nitrogens is 1. The Morgan fingerprint density at radius 3 is 2.56 bits per heavy atom. The third kappa shape index (κ3) is 1.79. The van der Waals surface area contributed by atoms with Crippen molar-refractivity contribution in [1.82, 2.24) is 0 Å². The second kappa shape index (κ2) is 3.84. The Kier molecular flexibility index (Phi) is 2.65. The molecule has 0 spiro atoms. The lowest BCUT2D eigenvalue weighted by Crippen LogP contribution is -2.33. The van der Waals surface area contributed by atoms with Crippen LogP contribution in [0.15, 0.2) is 41.4 Å². The van der Waals surface area contributed by atoms with Crippen molar-refractivity contribution in [3.05, 3.63) is 36.5 Å². The Balaban J connectivity index is 2.91.